The van der Waals surface area contributed by atoms with E-state index in [2.05, 4.69) is 47.7 Å². The second-order valence-electron chi connectivity index (χ2n) is 18.2. The molecule has 0 fully saturated rings. The standard InChI is InChI=1S/C61H45N9O5/c71-55(22-21-54(60(72)73)70-61(74)75-35-45-43-7-3-1-5-41(43)42-6-2-4-8-44(42)45)65-40-11-9-36(10-12-40)56-46-13-15-48(66-46)57(37-23-29-62-30-24-37)50-17-19-52(68-50)59(39-27-33-64-34-28-39)53-20-18-51(69-53)58(38-25-31-63-32-26-38)49-16-14-47(56)67-49/h1-20,23-34,45,54,66,69H,21-22,35H2,(H,65,71)(H,70,74)(H,72,73)/t54-/m0/s1. The molecule has 5 N–H and O–H groups in total. The molecule has 0 saturated carbocycles. The molecule has 0 spiro atoms. The number of carboxylic acid groups (broad SMARTS) is 1. The third-order valence-corrected chi connectivity index (χ3v) is 13.7. The van der Waals surface area contributed by atoms with E-state index in [1.165, 1.54) is 0 Å². The summed E-state index contributed by atoms with van der Waals surface area (Å²) in [5, 5.41) is 15.4. The highest BCUT2D eigenvalue weighted by Gasteiger charge is 2.30. The number of aromatic amines is 2. The van der Waals surface area contributed by atoms with Crippen molar-refractivity contribution in [3.63, 3.8) is 0 Å². The number of carboxylic acids is 1. The van der Waals surface area contributed by atoms with Crippen LogP contribution in [0.5, 0.6) is 0 Å². The van der Waals surface area contributed by atoms with Crippen molar-refractivity contribution in [2.24, 2.45) is 0 Å². The van der Waals surface area contributed by atoms with Gasteiger partial charge in [0.2, 0.25) is 5.91 Å². The number of pyridine rings is 3. The van der Waals surface area contributed by atoms with E-state index < -0.39 is 24.0 Å². The van der Waals surface area contributed by atoms with Crippen LogP contribution >= 0.6 is 0 Å². The first-order valence-corrected chi connectivity index (χ1v) is 24.4. The molecular formula is C61H45N9O5. The zero-order valence-corrected chi connectivity index (χ0v) is 40.1. The van der Waals surface area contributed by atoms with Crippen molar-refractivity contribution in [1.82, 2.24) is 40.2 Å². The van der Waals surface area contributed by atoms with Crippen LogP contribution in [0.3, 0.4) is 0 Å². The molecule has 6 aromatic heterocycles. The maximum Gasteiger partial charge on any atom is 0.407 e. The van der Waals surface area contributed by atoms with Crippen molar-refractivity contribution in [1.29, 1.82) is 0 Å². The lowest BCUT2D eigenvalue weighted by Gasteiger charge is -2.17. The molecule has 0 saturated heterocycles. The second kappa shape index (κ2) is 19.8. The Bertz CT molecular complexity index is 3840. The van der Waals surface area contributed by atoms with E-state index in [1.54, 1.807) is 49.3 Å². The first kappa shape index (κ1) is 46.0. The van der Waals surface area contributed by atoms with Gasteiger partial charge >= 0.3 is 12.1 Å². The minimum Gasteiger partial charge on any atom is -0.480 e. The Kier molecular flexibility index (Phi) is 12.2. The van der Waals surface area contributed by atoms with Crippen molar-refractivity contribution in [3.8, 4) is 55.6 Å². The van der Waals surface area contributed by atoms with Crippen LogP contribution in [-0.4, -0.2) is 70.6 Å². The summed E-state index contributed by atoms with van der Waals surface area (Å²) in [5.41, 5.74) is 18.1. The average Bonchev–Trinajstić information content (AvgIpc) is 4.35. The minimum atomic E-state index is -1.35. The Hall–Kier alpha value is -10.1. The lowest BCUT2D eigenvalue weighted by atomic mass is 9.98. The topological polar surface area (TPSA) is 201 Å². The maximum absolute atomic E-state index is 13.4. The molecule has 8 heterocycles. The van der Waals surface area contributed by atoms with Gasteiger partial charge in [-0.1, -0.05) is 60.7 Å². The van der Waals surface area contributed by atoms with Crippen molar-refractivity contribution in [3.05, 3.63) is 205 Å². The second-order valence-corrected chi connectivity index (χ2v) is 18.2. The number of nitrogens with zero attached hydrogens (tertiary/aromatic N) is 5. The largest absolute Gasteiger partial charge is 0.480 e. The van der Waals surface area contributed by atoms with Crippen LogP contribution in [-0.2, 0) is 14.3 Å². The normalized spacial score (nSPS) is 12.7. The molecule has 2 aliphatic heterocycles. The number of carbonyl (C=O) groups excluding carboxylic acids is 2. The van der Waals surface area contributed by atoms with E-state index in [1.807, 2.05) is 133 Å². The van der Waals surface area contributed by atoms with E-state index in [9.17, 15) is 19.5 Å². The molecule has 14 nitrogen and oxygen atoms in total. The van der Waals surface area contributed by atoms with E-state index in [-0.39, 0.29) is 25.4 Å². The molecular weight excluding hydrogens is 939 g/mol. The molecule has 3 aromatic carbocycles. The molecule has 8 bridgehead atoms. The van der Waals surface area contributed by atoms with Crippen LogP contribution in [0, 0.1) is 0 Å². The van der Waals surface area contributed by atoms with Gasteiger partial charge < -0.3 is 30.4 Å². The lowest BCUT2D eigenvalue weighted by molar-refractivity contribution is -0.139. The molecule has 1 atom stereocenters. The summed E-state index contributed by atoms with van der Waals surface area (Å²) in [6.45, 7) is 0.0288. The van der Waals surface area contributed by atoms with Crippen molar-refractivity contribution < 1.29 is 24.2 Å². The van der Waals surface area contributed by atoms with E-state index >= 15 is 0 Å². The number of nitrogens with one attached hydrogen (secondary N) is 4. The smallest absolute Gasteiger partial charge is 0.407 e. The highest BCUT2D eigenvalue weighted by molar-refractivity contribution is 6.00. The molecule has 14 heteroatoms. The van der Waals surface area contributed by atoms with Crippen LogP contribution < -0.4 is 10.6 Å². The number of carbonyl (C=O) groups is 3. The first-order valence-electron chi connectivity index (χ1n) is 24.4. The van der Waals surface area contributed by atoms with Crippen molar-refractivity contribution in [2.75, 3.05) is 11.9 Å². The first-order chi connectivity index (χ1) is 36.8. The molecule has 0 radical (unpaired) electrons. The summed E-state index contributed by atoms with van der Waals surface area (Å²) in [6, 6.07) is 42.0. The SMILES string of the molecule is O=C(CC[C@H](NC(=O)OCC1c2ccccc2-c2ccccc21)C(=O)O)Nc1ccc(-c2c3nc(c(-c4ccncc4)c4ccc([nH]4)c(-c4ccncc4)c4nc(c(-c5ccncc5)c5ccc2[nH]5)C=C4)C=C3)cc1. The molecule has 75 heavy (non-hydrogen) atoms. The number of aliphatic carboxylic acids is 1. The van der Waals surface area contributed by atoms with Crippen LogP contribution in [0.1, 0.15) is 52.7 Å². The Labute approximate surface area is 429 Å². The minimum absolute atomic E-state index is 0.0288. The summed E-state index contributed by atoms with van der Waals surface area (Å²) in [7, 11) is 0. The Balaban J connectivity index is 0.864. The molecule has 2 amide bonds. The molecule has 364 valence electrons. The van der Waals surface area contributed by atoms with Gasteiger partial charge in [0, 0.05) is 99.5 Å². The van der Waals surface area contributed by atoms with E-state index in [0.717, 1.165) is 106 Å². The number of hydrogen-bond acceptors (Lipinski definition) is 9. The maximum atomic E-state index is 13.4. The highest BCUT2D eigenvalue weighted by Crippen LogP contribution is 2.45. The third kappa shape index (κ3) is 9.12. The van der Waals surface area contributed by atoms with Gasteiger partial charge in [-0.3, -0.25) is 19.7 Å². The van der Waals surface area contributed by atoms with Crippen LogP contribution in [0.4, 0.5) is 10.5 Å². The van der Waals surface area contributed by atoms with E-state index in [4.69, 9.17) is 14.7 Å². The highest BCUT2D eigenvalue weighted by atomic mass is 16.5. The number of amides is 2. The fraction of sp³-hybridized carbons (Fsp3) is 0.0820. The number of rotatable bonds is 12. The Morgan fingerprint density at radius 3 is 1.33 bits per heavy atom. The quantitative estimate of drug-likeness (QED) is 0.0784. The molecule has 1 aliphatic carbocycles. The van der Waals surface area contributed by atoms with Gasteiger partial charge in [-0.05, 0) is 148 Å². The molecule has 9 aromatic rings. The van der Waals surface area contributed by atoms with Gasteiger partial charge in [-0.25, -0.2) is 19.6 Å². The zero-order valence-electron chi connectivity index (χ0n) is 40.1. The number of H-pyrrole nitrogens is 2. The summed E-state index contributed by atoms with van der Waals surface area (Å²) >= 11 is 0. The monoisotopic (exact) mass is 983 g/mol. The van der Waals surface area contributed by atoms with E-state index in [0.29, 0.717) is 11.4 Å². The molecule has 3 aliphatic rings. The van der Waals surface area contributed by atoms with Gasteiger partial charge in [0.1, 0.15) is 12.6 Å². The zero-order chi connectivity index (χ0) is 50.8. The van der Waals surface area contributed by atoms with Gasteiger partial charge in [0.15, 0.2) is 0 Å². The number of hydrogen-bond donors (Lipinski definition) is 5. The number of benzene rings is 3. The fourth-order valence-electron chi connectivity index (χ4n) is 10.2. The number of aromatic nitrogens is 7. The van der Waals surface area contributed by atoms with Crippen molar-refractivity contribution >= 4 is 70.0 Å². The number of ether oxygens (including phenoxy) is 1. The third-order valence-electron chi connectivity index (χ3n) is 13.7. The summed E-state index contributed by atoms with van der Waals surface area (Å²) in [5.74, 6) is -1.88. The molecule has 0 unspecified atom stereocenters. The van der Waals surface area contributed by atoms with Gasteiger partial charge in [0.05, 0.1) is 22.8 Å². The fourth-order valence-corrected chi connectivity index (χ4v) is 10.2. The van der Waals surface area contributed by atoms with Gasteiger partial charge in [-0.15, -0.1) is 0 Å². The predicted molar refractivity (Wildman–Crippen MR) is 291 cm³/mol. The lowest BCUT2D eigenvalue weighted by Crippen LogP contribution is -2.42. The summed E-state index contributed by atoms with van der Waals surface area (Å²) in [6.07, 6.45) is 17.5. The number of alkyl carbamates (subject to hydrolysis) is 1. The number of anilines is 1. The molecule has 12 rings (SSSR count). The number of fused-ring (bicyclic) bond motifs is 11. The van der Waals surface area contributed by atoms with Gasteiger partial charge in [-0.2, -0.15) is 0 Å². The van der Waals surface area contributed by atoms with Gasteiger partial charge in [0.25, 0.3) is 0 Å². The predicted octanol–water partition coefficient (Wildman–Crippen LogP) is 12.2. The van der Waals surface area contributed by atoms with Crippen molar-refractivity contribution in [2.45, 2.75) is 24.8 Å². The Morgan fingerprint density at radius 1 is 0.520 bits per heavy atom. The van der Waals surface area contributed by atoms with Crippen LogP contribution in [0.2, 0.25) is 0 Å². The Morgan fingerprint density at radius 2 is 0.920 bits per heavy atom. The summed E-state index contributed by atoms with van der Waals surface area (Å²) < 4.78 is 5.60. The average molecular weight is 984 g/mol. The van der Waals surface area contributed by atoms with Crippen LogP contribution in [0.15, 0.2) is 171 Å². The summed E-state index contributed by atoms with van der Waals surface area (Å²) in [4.78, 5) is 69.8. The van der Waals surface area contributed by atoms with Crippen LogP contribution in [0.25, 0.3) is 102 Å².